The molecule has 0 saturated carbocycles. The van der Waals surface area contributed by atoms with Crippen molar-refractivity contribution in [1.82, 2.24) is 10.6 Å². The Morgan fingerprint density at radius 3 is 2.48 bits per heavy atom. The van der Waals surface area contributed by atoms with Gasteiger partial charge in [-0.25, -0.2) is 9.59 Å². The minimum atomic E-state index is -1.13. The van der Waals surface area contributed by atoms with Crippen LogP contribution in [-0.4, -0.2) is 30.1 Å². The molecule has 0 unspecified atom stereocenters. The van der Waals surface area contributed by atoms with E-state index in [-0.39, 0.29) is 11.8 Å². The Balaban J connectivity index is 1.96. The monoisotopic (exact) mass is 318 g/mol. The molecule has 2 aromatic rings. The number of carbonyl (C=O) groups excluding carboxylic acids is 3. The van der Waals surface area contributed by atoms with Crippen molar-refractivity contribution < 1.29 is 23.5 Å². The summed E-state index contributed by atoms with van der Waals surface area (Å²) in [6, 6.07) is 7.89. The van der Waals surface area contributed by atoms with Crippen molar-refractivity contribution in [1.29, 1.82) is 0 Å². The van der Waals surface area contributed by atoms with Crippen LogP contribution in [0.5, 0.6) is 0 Å². The Hall–Kier alpha value is -2.83. The van der Waals surface area contributed by atoms with Gasteiger partial charge >= 0.3 is 12.0 Å². The molecule has 0 saturated heterocycles. The topological polar surface area (TPSA) is 97.6 Å². The molecule has 7 nitrogen and oxygen atoms in total. The number of carbonyl (C=O) groups is 3. The van der Waals surface area contributed by atoms with Crippen molar-refractivity contribution in [3.05, 3.63) is 36.1 Å². The minimum absolute atomic E-state index is 0.00233. The molecule has 122 valence electrons. The summed E-state index contributed by atoms with van der Waals surface area (Å²) in [5, 5.41) is 5.36. The summed E-state index contributed by atoms with van der Waals surface area (Å²) >= 11 is 0. The molecule has 1 aromatic heterocycles. The normalized spacial score (nSPS) is 12.0. The largest absolute Gasteiger partial charge is 0.449 e. The molecular weight excluding hydrogens is 300 g/mol. The fourth-order valence-corrected chi connectivity index (χ4v) is 1.87. The van der Waals surface area contributed by atoms with Gasteiger partial charge < -0.3 is 14.5 Å². The van der Waals surface area contributed by atoms with Crippen molar-refractivity contribution in [3.8, 4) is 0 Å². The molecule has 0 aliphatic carbocycles. The molecule has 0 aliphatic heterocycles. The van der Waals surface area contributed by atoms with Gasteiger partial charge in [0.25, 0.3) is 5.91 Å². The zero-order chi connectivity index (χ0) is 17.0. The van der Waals surface area contributed by atoms with Crippen LogP contribution in [0.1, 0.15) is 31.3 Å². The standard InChI is InChI=1S/C16H18N2O5/c1-9(2)17-16(21)18-14(19)10(3)22-15(20)13-8-11-6-4-5-7-12(11)23-13/h4-10H,1-3H3,(H2,17,18,19,21)/t10-/m0/s1. The number of ether oxygens (including phenoxy) is 1. The van der Waals surface area contributed by atoms with E-state index < -0.39 is 24.0 Å². The van der Waals surface area contributed by atoms with Crippen molar-refractivity contribution in [3.63, 3.8) is 0 Å². The number of hydrogen-bond donors (Lipinski definition) is 2. The van der Waals surface area contributed by atoms with Crippen molar-refractivity contribution in [2.75, 3.05) is 0 Å². The Morgan fingerprint density at radius 2 is 1.83 bits per heavy atom. The summed E-state index contributed by atoms with van der Waals surface area (Å²) in [5.74, 6) is -1.49. The maximum atomic E-state index is 12.0. The summed E-state index contributed by atoms with van der Waals surface area (Å²) in [6.45, 7) is 4.89. The number of imide groups is 1. The second kappa shape index (κ2) is 6.95. The Morgan fingerprint density at radius 1 is 1.13 bits per heavy atom. The van der Waals surface area contributed by atoms with E-state index in [1.54, 1.807) is 32.0 Å². The number of benzene rings is 1. The first kappa shape index (κ1) is 16.5. The van der Waals surface area contributed by atoms with Gasteiger partial charge in [-0.3, -0.25) is 10.1 Å². The van der Waals surface area contributed by atoms with Gasteiger partial charge in [0.2, 0.25) is 5.76 Å². The van der Waals surface area contributed by atoms with Gasteiger partial charge in [0.1, 0.15) is 5.58 Å². The first-order chi connectivity index (χ1) is 10.9. The summed E-state index contributed by atoms with van der Waals surface area (Å²) < 4.78 is 10.4. The highest BCUT2D eigenvalue weighted by Gasteiger charge is 2.23. The van der Waals surface area contributed by atoms with E-state index >= 15 is 0 Å². The second-order valence-corrected chi connectivity index (χ2v) is 5.31. The van der Waals surface area contributed by atoms with Crippen molar-refractivity contribution >= 4 is 28.9 Å². The Bertz CT molecular complexity index is 702. The van der Waals surface area contributed by atoms with Gasteiger partial charge in [0.15, 0.2) is 6.10 Å². The highest BCUT2D eigenvalue weighted by atomic mass is 16.6. The van der Waals surface area contributed by atoms with Gasteiger partial charge in [0, 0.05) is 11.4 Å². The van der Waals surface area contributed by atoms with Crippen LogP contribution in [0.2, 0.25) is 0 Å². The molecule has 0 spiro atoms. The van der Waals surface area contributed by atoms with Gasteiger partial charge in [-0.15, -0.1) is 0 Å². The van der Waals surface area contributed by atoms with Gasteiger partial charge in [-0.2, -0.15) is 0 Å². The third-order valence-electron chi connectivity index (χ3n) is 2.94. The lowest BCUT2D eigenvalue weighted by molar-refractivity contribution is -0.128. The van der Waals surface area contributed by atoms with Crippen LogP contribution < -0.4 is 10.6 Å². The smallest absolute Gasteiger partial charge is 0.375 e. The predicted octanol–water partition coefficient (Wildman–Crippen LogP) is 2.21. The van der Waals surface area contributed by atoms with E-state index in [1.807, 2.05) is 6.07 Å². The zero-order valence-electron chi connectivity index (χ0n) is 13.1. The van der Waals surface area contributed by atoms with E-state index in [0.717, 1.165) is 5.39 Å². The third kappa shape index (κ3) is 4.32. The lowest BCUT2D eigenvalue weighted by atomic mass is 10.2. The molecule has 0 fully saturated rings. The zero-order valence-corrected chi connectivity index (χ0v) is 13.1. The maximum absolute atomic E-state index is 12.0. The third-order valence-corrected chi connectivity index (χ3v) is 2.94. The molecule has 2 rings (SSSR count). The van der Waals surface area contributed by atoms with Gasteiger partial charge in [-0.1, -0.05) is 18.2 Å². The molecule has 0 aliphatic rings. The van der Waals surface area contributed by atoms with Crippen molar-refractivity contribution in [2.24, 2.45) is 0 Å². The van der Waals surface area contributed by atoms with Crippen LogP contribution in [-0.2, 0) is 9.53 Å². The highest BCUT2D eigenvalue weighted by Crippen LogP contribution is 2.19. The van der Waals surface area contributed by atoms with Crippen LogP contribution in [0.3, 0.4) is 0 Å². The minimum Gasteiger partial charge on any atom is -0.449 e. The van der Waals surface area contributed by atoms with Crippen LogP contribution >= 0.6 is 0 Å². The number of esters is 1. The predicted molar refractivity (Wildman–Crippen MR) is 82.9 cm³/mol. The molecule has 1 aromatic carbocycles. The second-order valence-electron chi connectivity index (χ2n) is 5.31. The lowest BCUT2D eigenvalue weighted by Gasteiger charge is -2.13. The fraction of sp³-hybridized carbons (Fsp3) is 0.312. The number of para-hydroxylation sites is 1. The Labute approximate surface area is 133 Å². The van der Waals surface area contributed by atoms with Crippen molar-refractivity contribution in [2.45, 2.75) is 32.9 Å². The number of amides is 3. The fourth-order valence-electron chi connectivity index (χ4n) is 1.87. The molecule has 1 atom stereocenters. The first-order valence-electron chi connectivity index (χ1n) is 7.17. The molecule has 0 radical (unpaired) electrons. The Kier molecular flexibility index (Phi) is 5.00. The molecule has 0 bridgehead atoms. The van der Waals surface area contributed by atoms with Gasteiger partial charge in [0.05, 0.1) is 0 Å². The number of furan rings is 1. The van der Waals surface area contributed by atoms with Gasteiger partial charge in [-0.05, 0) is 32.9 Å². The van der Waals surface area contributed by atoms with Crippen LogP contribution in [0.25, 0.3) is 11.0 Å². The first-order valence-corrected chi connectivity index (χ1v) is 7.17. The number of nitrogens with one attached hydrogen (secondary N) is 2. The quantitative estimate of drug-likeness (QED) is 0.842. The van der Waals surface area contributed by atoms with E-state index in [9.17, 15) is 14.4 Å². The lowest BCUT2D eigenvalue weighted by Crippen LogP contribution is -2.46. The molecule has 1 heterocycles. The van der Waals surface area contributed by atoms with E-state index in [0.29, 0.717) is 5.58 Å². The van der Waals surface area contributed by atoms with Crippen LogP contribution in [0.15, 0.2) is 34.7 Å². The average molecular weight is 318 g/mol. The summed E-state index contributed by atoms with van der Waals surface area (Å²) in [5.41, 5.74) is 0.549. The SMILES string of the molecule is CC(C)NC(=O)NC(=O)[C@H](C)OC(=O)c1cc2ccccc2o1. The van der Waals surface area contributed by atoms with Crippen LogP contribution in [0, 0.1) is 0 Å². The summed E-state index contributed by atoms with van der Waals surface area (Å²) in [7, 11) is 0. The molecule has 2 N–H and O–H groups in total. The summed E-state index contributed by atoms with van der Waals surface area (Å²) in [6.07, 6.45) is -1.13. The number of rotatable bonds is 4. The molecule has 7 heteroatoms. The number of urea groups is 1. The molecule has 3 amide bonds. The average Bonchev–Trinajstić information content (AvgIpc) is 2.90. The van der Waals surface area contributed by atoms with E-state index in [2.05, 4.69) is 10.6 Å². The molecule has 23 heavy (non-hydrogen) atoms. The van der Waals surface area contributed by atoms with E-state index in [4.69, 9.17) is 9.15 Å². The molecular formula is C16H18N2O5. The number of fused-ring (bicyclic) bond motifs is 1. The highest BCUT2D eigenvalue weighted by molar-refractivity contribution is 5.98. The van der Waals surface area contributed by atoms with Crippen LogP contribution in [0.4, 0.5) is 4.79 Å². The number of hydrogen-bond acceptors (Lipinski definition) is 5. The maximum Gasteiger partial charge on any atom is 0.375 e. The summed E-state index contributed by atoms with van der Waals surface area (Å²) in [4.78, 5) is 35.2. The van der Waals surface area contributed by atoms with E-state index in [1.165, 1.54) is 13.0 Å².